The number of carbonyl (C=O) groups excluding carboxylic acids is 1. The summed E-state index contributed by atoms with van der Waals surface area (Å²) in [6.45, 7) is 0.448. The van der Waals surface area contributed by atoms with Gasteiger partial charge in [0, 0.05) is 17.6 Å². The Hall–Kier alpha value is -3.00. The number of rotatable bonds is 4. The van der Waals surface area contributed by atoms with E-state index in [1.807, 2.05) is 12.1 Å². The SMILES string of the molecule is COc1cccc2cc(C(=O)Nc3cccc(N4CCCS4(=O)=O)c3)oc12. The van der Waals surface area contributed by atoms with Crippen LogP contribution in [0.4, 0.5) is 11.4 Å². The van der Waals surface area contributed by atoms with E-state index in [4.69, 9.17) is 9.15 Å². The molecule has 1 fully saturated rings. The number of benzene rings is 2. The van der Waals surface area contributed by atoms with Gasteiger partial charge in [-0.3, -0.25) is 9.10 Å². The molecule has 1 amide bonds. The molecule has 0 bridgehead atoms. The van der Waals surface area contributed by atoms with E-state index in [1.54, 1.807) is 36.4 Å². The van der Waals surface area contributed by atoms with Crippen LogP contribution >= 0.6 is 0 Å². The molecule has 0 radical (unpaired) electrons. The minimum absolute atomic E-state index is 0.143. The lowest BCUT2D eigenvalue weighted by atomic mass is 10.2. The quantitative estimate of drug-likeness (QED) is 0.744. The molecule has 1 aliphatic heterocycles. The summed E-state index contributed by atoms with van der Waals surface area (Å²) in [4.78, 5) is 12.6. The monoisotopic (exact) mass is 386 g/mol. The molecule has 8 heteroatoms. The maximum absolute atomic E-state index is 12.6. The van der Waals surface area contributed by atoms with Gasteiger partial charge in [-0.15, -0.1) is 0 Å². The van der Waals surface area contributed by atoms with Gasteiger partial charge in [0.15, 0.2) is 17.1 Å². The molecule has 27 heavy (non-hydrogen) atoms. The van der Waals surface area contributed by atoms with Crippen molar-refractivity contribution >= 4 is 38.3 Å². The molecule has 1 N–H and O–H groups in total. The Morgan fingerprint density at radius 2 is 2.00 bits per heavy atom. The second kappa shape index (κ2) is 6.62. The normalized spacial score (nSPS) is 15.8. The number of furan rings is 1. The Balaban J connectivity index is 1.59. The van der Waals surface area contributed by atoms with Crippen LogP contribution in [0.1, 0.15) is 17.0 Å². The Kier molecular flexibility index (Phi) is 4.27. The number of para-hydroxylation sites is 1. The predicted molar refractivity (Wildman–Crippen MR) is 103 cm³/mol. The minimum Gasteiger partial charge on any atom is -0.493 e. The maximum atomic E-state index is 12.6. The molecule has 0 saturated carbocycles. The van der Waals surface area contributed by atoms with Crippen LogP contribution in [-0.2, 0) is 10.0 Å². The summed E-state index contributed by atoms with van der Waals surface area (Å²) in [5.41, 5.74) is 1.53. The zero-order chi connectivity index (χ0) is 19.0. The fraction of sp³-hybridized carbons (Fsp3) is 0.211. The van der Waals surface area contributed by atoms with E-state index in [0.29, 0.717) is 35.7 Å². The van der Waals surface area contributed by atoms with Crippen LogP contribution in [0.25, 0.3) is 11.0 Å². The highest BCUT2D eigenvalue weighted by Gasteiger charge is 2.28. The van der Waals surface area contributed by atoms with Crippen LogP contribution in [0, 0.1) is 0 Å². The first-order valence-electron chi connectivity index (χ1n) is 8.46. The summed E-state index contributed by atoms with van der Waals surface area (Å²) in [7, 11) is -1.74. The third kappa shape index (κ3) is 3.23. The molecular formula is C19H18N2O5S. The van der Waals surface area contributed by atoms with Gasteiger partial charge in [-0.1, -0.05) is 18.2 Å². The summed E-state index contributed by atoms with van der Waals surface area (Å²) in [6, 6.07) is 13.8. The fourth-order valence-electron chi connectivity index (χ4n) is 3.17. The van der Waals surface area contributed by atoms with Gasteiger partial charge in [-0.25, -0.2) is 8.42 Å². The number of hydrogen-bond donors (Lipinski definition) is 1. The molecular weight excluding hydrogens is 368 g/mol. The average Bonchev–Trinajstić information content (AvgIpc) is 3.24. The lowest BCUT2D eigenvalue weighted by Crippen LogP contribution is -2.25. The molecule has 1 aromatic heterocycles. The first-order valence-corrected chi connectivity index (χ1v) is 10.1. The number of amides is 1. The van der Waals surface area contributed by atoms with E-state index >= 15 is 0 Å². The van der Waals surface area contributed by atoms with Crippen molar-refractivity contribution in [1.29, 1.82) is 0 Å². The van der Waals surface area contributed by atoms with E-state index in [2.05, 4.69) is 5.32 Å². The van der Waals surface area contributed by atoms with Gasteiger partial charge in [0.05, 0.1) is 18.6 Å². The second-order valence-electron chi connectivity index (χ2n) is 6.24. The van der Waals surface area contributed by atoms with Crippen LogP contribution in [0.2, 0.25) is 0 Å². The number of carbonyl (C=O) groups is 1. The van der Waals surface area contributed by atoms with Crippen molar-refractivity contribution in [1.82, 2.24) is 0 Å². The van der Waals surface area contributed by atoms with Crippen LogP contribution in [0.15, 0.2) is 52.9 Å². The number of fused-ring (bicyclic) bond motifs is 1. The molecule has 0 unspecified atom stereocenters. The Bertz CT molecular complexity index is 1120. The molecule has 1 saturated heterocycles. The van der Waals surface area contributed by atoms with Crippen molar-refractivity contribution in [2.45, 2.75) is 6.42 Å². The van der Waals surface area contributed by atoms with E-state index in [-0.39, 0.29) is 11.5 Å². The van der Waals surface area contributed by atoms with Crippen LogP contribution in [0.3, 0.4) is 0 Å². The molecule has 2 heterocycles. The topological polar surface area (TPSA) is 88.9 Å². The predicted octanol–water partition coefficient (Wildman–Crippen LogP) is 3.23. The van der Waals surface area contributed by atoms with Crippen molar-refractivity contribution < 1.29 is 22.4 Å². The van der Waals surface area contributed by atoms with Crippen molar-refractivity contribution in [2.75, 3.05) is 29.0 Å². The number of methoxy groups -OCH3 is 1. The molecule has 4 rings (SSSR count). The Morgan fingerprint density at radius 1 is 1.19 bits per heavy atom. The van der Waals surface area contributed by atoms with Crippen molar-refractivity contribution in [3.63, 3.8) is 0 Å². The number of nitrogens with zero attached hydrogens (tertiary/aromatic N) is 1. The standard InChI is InChI=1S/C19H18N2O5S/c1-25-16-8-2-5-13-11-17(26-18(13)16)19(22)20-14-6-3-7-15(12-14)21-9-4-10-27(21,23)24/h2-3,5-8,11-12H,4,9-10H2,1H3,(H,20,22). The van der Waals surface area contributed by atoms with Gasteiger partial charge in [0.2, 0.25) is 10.0 Å². The van der Waals surface area contributed by atoms with Crippen LogP contribution < -0.4 is 14.4 Å². The highest BCUT2D eigenvalue weighted by atomic mass is 32.2. The fourth-order valence-corrected chi connectivity index (χ4v) is 4.73. The molecule has 0 aliphatic carbocycles. The Morgan fingerprint density at radius 3 is 2.74 bits per heavy atom. The Labute approximate surface area is 156 Å². The van der Waals surface area contributed by atoms with Crippen molar-refractivity contribution in [3.05, 3.63) is 54.3 Å². The van der Waals surface area contributed by atoms with Crippen molar-refractivity contribution in [3.8, 4) is 5.75 Å². The van der Waals surface area contributed by atoms with Gasteiger partial charge in [-0.2, -0.15) is 0 Å². The van der Waals surface area contributed by atoms with Gasteiger partial charge in [0.25, 0.3) is 5.91 Å². The van der Waals surface area contributed by atoms with E-state index in [0.717, 1.165) is 5.39 Å². The summed E-state index contributed by atoms with van der Waals surface area (Å²) in [5, 5.41) is 3.51. The molecule has 0 atom stereocenters. The average molecular weight is 386 g/mol. The molecule has 7 nitrogen and oxygen atoms in total. The highest BCUT2D eigenvalue weighted by molar-refractivity contribution is 7.93. The lowest BCUT2D eigenvalue weighted by Gasteiger charge is -2.17. The summed E-state index contributed by atoms with van der Waals surface area (Å²) in [5.74, 6) is 0.417. The van der Waals surface area contributed by atoms with Gasteiger partial charge >= 0.3 is 0 Å². The van der Waals surface area contributed by atoms with Crippen molar-refractivity contribution in [2.24, 2.45) is 0 Å². The third-order valence-corrected chi connectivity index (χ3v) is 6.31. The first kappa shape index (κ1) is 17.4. The molecule has 1 aliphatic rings. The second-order valence-corrected chi connectivity index (χ2v) is 8.25. The van der Waals surface area contributed by atoms with Gasteiger partial charge in [0.1, 0.15) is 0 Å². The number of hydrogen-bond acceptors (Lipinski definition) is 5. The summed E-state index contributed by atoms with van der Waals surface area (Å²) >= 11 is 0. The molecule has 140 valence electrons. The molecule has 0 spiro atoms. The number of sulfonamides is 1. The first-order chi connectivity index (χ1) is 13.0. The third-order valence-electron chi connectivity index (χ3n) is 4.44. The van der Waals surface area contributed by atoms with Gasteiger partial charge in [-0.05, 0) is 36.8 Å². The lowest BCUT2D eigenvalue weighted by molar-refractivity contribution is 0.0998. The number of anilines is 2. The minimum atomic E-state index is -3.27. The zero-order valence-corrected chi connectivity index (χ0v) is 15.5. The number of ether oxygens (including phenoxy) is 1. The van der Waals surface area contributed by atoms with E-state index < -0.39 is 15.9 Å². The summed E-state index contributed by atoms with van der Waals surface area (Å²) < 4.78 is 36.4. The zero-order valence-electron chi connectivity index (χ0n) is 14.6. The highest BCUT2D eigenvalue weighted by Crippen LogP contribution is 2.30. The maximum Gasteiger partial charge on any atom is 0.291 e. The largest absolute Gasteiger partial charge is 0.493 e. The van der Waals surface area contributed by atoms with Gasteiger partial charge < -0.3 is 14.5 Å². The smallest absolute Gasteiger partial charge is 0.291 e. The van der Waals surface area contributed by atoms with E-state index in [9.17, 15) is 13.2 Å². The van der Waals surface area contributed by atoms with Crippen LogP contribution in [0.5, 0.6) is 5.75 Å². The van der Waals surface area contributed by atoms with Crippen LogP contribution in [-0.4, -0.2) is 33.7 Å². The summed E-state index contributed by atoms with van der Waals surface area (Å²) in [6.07, 6.45) is 0.597. The molecule has 3 aromatic rings. The molecule has 2 aromatic carbocycles. The van der Waals surface area contributed by atoms with E-state index in [1.165, 1.54) is 11.4 Å². The number of nitrogens with one attached hydrogen (secondary N) is 1.